The van der Waals surface area contributed by atoms with Gasteiger partial charge in [0.15, 0.2) is 0 Å². The lowest BCUT2D eigenvalue weighted by Crippen LogP contribution is -2.07. The largest absolute Gasteiger partial charge is 0.466 e. The molecule has 5 heteroatoms. The average Bonchev–Trinajstić information content (AvgIpc) is 3.04. The average molecular weight is 640 g/mol. The summed E-state index contributed by atoms with van der Waals surface area (Å²) in [6.45, 7) is 8.67. The number of nitrogens with two attached hydrogens (primary N) is 1. The minimum absolute atomic E-state index is 0.0478. The second-order valence-electron chi connectivity index (χ2n) is 13.3. The second kappa shape index (κ2) is 42.9. The number of hydrogen-bond acceptors (Lipinski definition) is 5. The summed E-state index contributed by atoms with van der Waals surface area (Å²) < 4.78 is 10.7. The molecule has 0 unspecified atom stereocenters. The molecule has 0 aliphatic heterocycles. The second-order valence-corrected chi connectivity index (χ2v) is 13.3. The summed E-state index contributed by atoms with van der Waals surface area (Å²) in [6.07, 6.45) is 38.6. The highest BCUT2D eigenvalue weighted by atomic mass is 16.5. The maximum Gasteiger partial charge on any atom is 0.305 e. The standard InChI is InChI=1S/C30H58O4.C10H23N/c1-3-5-7-9-11-13-15-17-21-25-29(31)33-27-23-19-20-24-28-34-30(32)26-22-18-16-14-12-10-8-6-4-2;1-2-3-4-5-6-7-8-9-10-11/h3-28H2,1-2H3;2-11H2,1H3. The number of carbonyl (C=O) groups is 2. The van der Waals surface area contributed by atoms with Gasteiger partial charge in [0.25, 0.3) is 0 Å². The summed E-state index contributed by atoms with van der Waals surface area (Å²) >= 11 is 0. The van der Waals surface area contributed by atoms with Crippen LogP contribution in [0.1, 0.15) is 226 Å². The molecule has 0 spiro atoms. The predicted octanol–water partition coefficient (Wildman–Crippen LogP) is 12.6. The Bertz CT molecular complexity index is 520. The molecule has 0 fully saturated rings. The third-order valence-electron chi connectivity index (χ3n) is 8.59. The van der Waals surface area contributed by atoms with E-state index in [0.717, 1.165) is 57.9 Å². The third kappa shape index (κ3) is 45.1. The Morgan fingerprint density at radius 3 is 0.889 bits per heavy atom. The first-order valence-electron chi connectivity index (χ1n) is 20.1. The number of carbonyl (C=O) groups excluding carboxylic acids is 2. The van der Waals surface area contributed by atoms with Gasteiger partial charge in [-0.2, -0.15) is 0 Å². The van der Waals surface area contributed by atoms with E-state index in [1.165, 1.54) is 141 Å². The van der Waals surface area contributed by atoms with Crippen LogP contribution in [-0.2, 0) is 19.1 Å². The van der Waals surface area contributed by atoms with Gasteiger partial charge < -0.3 is 15.2 Å². The Balaban J connectivity index is 0. The van der Waals surface area contributed by atoms with Gasteiger partial charge >= 0.3 is 11.9 Å². The minimum atomic E-state index is -0.0478. The Kier molecular flexibility index (Phi) is 43.9. The van der Waals surface area contributed by atoms with Crippen LogP contribution >= 0.6 is 0 Å². The zero-order chi connectivity index (χ0) is 33.3. The number of unbranched alkanes of at least 4 members (excludes halogenated alkanes) is 26. The van der Waals surface area contributed by atoms with Crippen LogP contribution in [0.4, 0.5) is 0 Å². The summed E-state index contributed by atoms with van der Waals surface area (Å²) in [6, 6.07) is 0. The van der Waals surface area contributed by atoms with Crippen LogP contribution in [0.25, 0.3) is 0 Å². The van der Waals surface area contributed by atoms with Crippen LogP contribution in [0, 0.1) is 0 Å². The van der Waals surface area contributed by atoms with Crippen LogP contribution < -0.4 is 5.73 Å². The molecule has 0 saturated carbocycles. The van der Waals surface area contributed by atoms with Crippen LogP contribution in [-0.4, -0.2) is 31.7 Å². The van der Waals surface area contributed by atoms with Gasteiger partial charge in [-0.05, 0) is 51.5 Å². The van der Waals surface area contributed by atoms with E-state index in [-0.39, 0.29) is 11.9 Å². The van der Waals surface area contributed by atoms with Crippen LogP contribution in [0.5, 0.6) is 0 Å². The molecule has 0 atom stereocenters. The fourth-order valence-electron chi connectivity index (χ4n) is 5.51. The van der Waals surface area contributed by atoms with Crippen molar-refractivity contribution in [1.29, 1.82) is 0 Å². The van der Waals surface area contributed by atoms with E-state index in [4.69, 9.17) is 15.2 Å². The van der Waals surface area contributed by atoms with Crippen molar-refractivity contribution in [2.45, 2.75) is 226 Å². The van der Waals surface area contributed by atoms with E-state index in [1.54, 1.807) is 0 Å². The van der Waals surface area contributed by atoms with Crippen molar-refractivity contribution < 1.29 is 19.1 Å². The Labute approximate surface area is 282 Å². The molecular formula is C40H81NO4. The number of esters is 2. The lowest BCUT2D eigenvalue weighted by atomic mass is 10.1. The first kappa shape index (κ1) is 46.0. The fourth-order valence-corrected chi connectivity index (χ4v) is 5.51. The van der Waals surface area contributed by atoms with Crippen LogP contribution in [0.2, 0.25) is 0 Å². The quantitative estimate of drug-likeness (QED) is 0.0551. The maximum absolute atomic E-state index is 11.8. The number of ether oxygens (including phenoxy) is 2. The summed E-state index contributed by atoms with van der Waals surface area (Å²) in [4.78, 5) is 23.6. The van der Waals surface area contributed by atoms with Crippen LogP contribution in [0.15, 0.2) is 0 Å². The molecule has 0 radical (unpaired) electrons. The summed E-state index contributed by atoms with van der Waals surface area (Å²) in [5, 5.41) is 0. The van der Waals surface area contributed by atoms with Gasteiger partial charge in [-0.25, -0.2) is 0 Å². The van der Waals surface area contributed by atoms with Gasteiger partial charge in [-0.1, -0.05) is 168 Å². The molecule has 45 heavy (non-hydrogen) atoms. The molecule has 0 aromatic carbocycles. The highest BCUT2D eigenvalue weighted by Gasteiger charge is 2.04. The smallest absolute Gasteiger partial charge is 0.305 e. The maximum atomic E-state index is 11.8. The van der Waals surface area contributed by atoms with Gasteiger partial charge in [0.1, 0.15) is 0 Å². The Morgan fingerprint density at radius 1 is 0.356 bits per heavy atom. The van der Waals surface area contributed by atoms with Crippen molar-refractivity contribution in [2.75, 3.05) is 19.8 Å². The molecule has 0 aliphatic rings. The molecule has 0 heterocycles. The summed E-state index contributed by atoms with van der Waals surface area (Å²) in [7, 11) is 0. The SMILES string of the molecule is CCCCCCCCCCCC(=O)OCCCCCCOC(=O)CCCCCCCCCCC.CCCCCCCCCCN. The fraction of sp³-hybridized carbons (Fsp3) is 0.950. The van der Waals surface area contributed by atoms with Gasteiger partial charge in [-0.15, -0.1) is 0 Å². The minimum Gasteiger partial charge on any atom is -0.466 e. The summed E-state index contributed by atoms with van der Waals surface area (Å²) in [5.74, 6) is -0.0956. The monoisotopic (exact) mass is 640 g/mol. The zero-order valence-electron chi connectivity index (χ0n) is 31.0. The molecule has 5 nitrogen and oxygen atoms in total. The van der Waals surface area contributed by atoms with E-state index in [0.29, 0.717) is 26.1 Å². The highest BCUT2D eigenvalue weighted by Crippen LogP contribution is 2.13. The van der Waals surface area contributed by atoms with E-state index in [2.05, 4.69) is 20.8 Å². The first-order chi connectivity index (χ1) is 22.1. The normalized spacial score (nSPS) is 10.8. The molecule has 0 bridgehead atoms. The van der Waals surface area contributed by atoms with E-state index < -0.39 is 0 Å². The molecule has 270 valence electrons. The van der Waals surface area contributed by atoms with Crippen molar-refractivity contribution in [1.82, 2.24) is 0 Å². The van der Waals surface area contributed by atoms with Gasteiger partial charge in [0.05, 0.1) is 13.2 Å². The van der Waals surface area contributed by atoms with Crippen molar-refractivity contribution >= 4 is 11.9 Å². The topological polar surface area (TPSA) is 78.6 Å². The third-order valence-corrected chi connectivity index (χ3v) is 8.59. The van der Waals surface area contributed by atoms with Crippen molar-refractivity contribution in [2.24, 2.45) is 5.73 Å². The Hall–Kier alpha value is -1.10. The van der Waals surface area contributed by atoms with Gasteiger partial charge in [0.2, 0.25) is 0 Å². The Morgan fingerprint density at radius 2 is 0.600 bits per heavy atom. The number of rotatable bonds is 35. The molecule has 0 saturated heterocycles. The predicted molar refractivity (Wildman–Crippen MR) is 196 cm³/mol. The van der Waals surface area contributed by atoms with Crippen molar-refractivity contribution in [3.63, 3.8) is 0 Å². The van der Waals surface area contributed by atoms with Gasteiger partial charge in [-0.3, -0.25) is 9.59 Å². The van der Waals surface area contributed by atoms with E-state index >= 15 is 0 Å². The molecule has 0 rings (SSSR count). The lowest BCUT2D eigenvalue weighted by Gasteiger charge is -2.06. The molecule has 2 N–H and O–H groups in total. The highest BCUT2D eigenvalue weighted by molar-refractivity contribution is 5.69. The molecular weight excluding hydrogens is 558 g/mol. The molecule has 0 aliphatic carbocycles. The van der Waals surface area contributed by atoms with E-state index in [9.17, 15) is 9.59 Å². The van der Waals surface area contributed by atoms with Crippen molar-refractivity contribution in [3.8, 4) is 0 Å². The zero-order valence-corrected chi connectivity index (χ0v) is 31.0. The van der Waals surface area contributed by atoms with Crippen LogP contribution in [0.3, 0.4) is 0 Å². The number of hydrogen-bond donors (Lipinski definition) is 1. The lowest BCUT2D eigenvalue weighted by molar-refractivity contribution is -0.145. The molecule has 0 aromatic rings. The van der Waals surface area contributed by atoms with Crippen molar-refractivity contribution in [3.05, 3.63) is 0 Å². The van der Waals surface area contributed by atoms with Gasteiger partial charge in [0, 0.05) is 12.8 Å². The molecule has 0 aromatic heterocycles. The first-order valence-corrected chi connectivity index (χ1v) is 20.1. The summed E-state index contributed by atoms with van der Waals surface area (Å²) in [5.41, 5.74) is 5.39. The molecule has 0 amide bonds. The van der Waals surface area contributed by atoms with E-state index in [1.807, 2.05) is 0 Å².